The van der Waals surface area contributed by atoms with Crippen molar-refractivity contribution < 1.29 is 14.3 Å². The van der Waals surface area contributed by atoms with Gasteiger partial charge in [0.15, 0.2) is 5.69 Å². The maximum atomic E-state index is 11.7. The van der Waals surface area contributed by atoms with E-state index in [9.17, 15) is 14.4 Å². The number of ether oxygens (including phenoxy) is 1. The third-order valence-electron chi connectivity index (χ3n) is 2.09. The predicted octanol–water partition coefficient (Wildman–Crippen LogP) is 0.0442. The van der Waals surface area contributed by atoms with Crippen LogP contribution in [0.25, 0.3) is 0 Å². The van der Waals surface area contributed by atoms with Crippen LogP contribution in [0.1, 0.15) is 30.8 Å². The highest BCUT2D eigenvalue weighted by Gasteiger charge is 2.10. The van der Waals surface area contributed by atoms with Crippen molar-refractivity contribution in [3.63, 3.8) is 0 Å². The summed E-state index contributed by atoms with van der Waals surface area (Å²) in [6, 6.07) is 2.54. The first-order valence-electron chi connectivity index (χ1n) is 5.89. The van der Waals surface area contributed by atoms with Crippen molar-refractivity contribution in [1.82, 2.24) is 20.6 Å². The minimum absolute atomic E-state index is 0.0323. The van der Waals surface area contributed by atoms with Crippen molar-refractivity contribution >= 4 is 12.0 Å². The van der Waals surface area contributed by atoms with E-state index < -0.39 is 12.0 Å². The molecule has 1 aromatic heterocycles. The zero-order valence-electron chi connectivity index (χ0n) is 10.8. The normalized spacial score (nSPS) is 9.79. The molecule has 0 aliphatic rings. The Bertz CT molecular complexity index is 512. The lowest BCUT2D eigenvalue weighted by Gasteiger charge is -2.08. The fraction of sp³-hybridized carbons (Fsp3) is 0.455. The summed E-state index contributed by atoms with van der Waals surface area (Å²) >= 11 is 0. The fourth-order valence-electron chi connectivity index (χ4n) is 1.28. The van der Waals surface area contributed by atoms with Crippen molar-refractivity contribution in [3.8, 4) is 0 Å². The van der Waals surface area contributed by atoms with E-state index in [0.29, 0.717) is 6.54 Å². The maximum absolute atomic E-state index is 11.7. The van der Waals surface area contributed by atoms with Gasteiger partial charge in [-0.1, -0.05) is 6.92 Å². The molecule has 0 spiro atoms. The summed E-state index contributed by atoms with van der Waals surface area (Å²) in [5, 5.41) is 3.89. The van der Waals surface area contributed by atoms with Gasteiger partial charge in [-0.25, -0.2) is 14.9 Å². The largest absolute Gasteiger partial charge is 0.449 e. The van der Waals surface area contributed by atoms with Gasteiger partial charge in [-0.15, -0.1) is 0 Å². The van der Waals surface area contributed by atoms with Crippen LogP contribution in [0.5, 0.6) is 0 Å². The van der Waals surface area contributed by atoms with Crippen molar-refractivity contribution in [2.75, 3.05) is 6.61 Å². The average Bonchev–Trinajstić information content (AvgIpc) is 2.39. The molecule has 8 nitrogen and oxygen atoms in total. The van der Waals surface area contributed by atoms with Crippen LogP contribution >= 0.6 is 0 Å². The third-order valence-corrected chi connectivity index (χ3v) is 2.09. The number of hydrogen-bond donors (Lipinski definition) is 2. The van der Waals surface area contributed by atoms with Gasteiger partial charge in [-0.05, 0) is 19.4 Å². The van der Waals surface area contributed by atoms with Gasteiger partial charge in [0.25, 0.3) is 11.5 Å². The molecule has 0 fully saturated rings. The number of hydrogen-bond acceptors (Lipinski definition) is 5. The second kappa shape index (κ2) is 7.14. The lowest BCUT2D eigenvalue weighted by Crippen LogP contribution is -2.42. The molecule has 104 valence electrons. The van der Waals surface area contributed by atoms with Crippen LogP contribution < -0.4 is 16.4 Å². The highest BCUT2D eigenvalue weighted by atomic mass is 16.5. The van der Waals surface area contributed by atoms with E-state index in [1.807, 2.05) is 6.92 Å². The monoisotopic (exact) mass is 268 g/mol. The average molecular weight is 268 g/mol. The number of aryl methyl sites for hydroxylation is 1. The molecule has 2 N–H and O–H groups in total. The first kappa shape index (κ1) is 14.7. The third kappa shape index (κ3) is 4.41. The summed E-state index contributed by atoms with van der Waals surface area (Å²) in [5.74, 6) is -0.627. The number of carbonyl (C=O) groups is 2. The summed E-state index contributed by atoms with van der Waals surface area (Å²) in [6.45, 7) is 4.15. The zero-order valence-corrected chi connectivity index (χ0v) is 10.8. The summed E-state index contributed by atoms with van der Waals surface area (Å²) in [6.07, 6.45) is -0.0447. The molecule has 0 bridgehead atoms. The molecule has 0 unspecified atom stereocenters. The van der Waals surface area contributed by atoms with Gasteiger partial charge < -0.3 is 4.74 Å². The summed E-state index contributed by atoms with van der Waals surface area (Å²) < 4.78 is 5.76. The van der Waals surface area contributed by atoms with Crippen molar-refractivity contribution in [2.24, 2.45) is 0 Å². The second-order valence-corrected chi connectivity index (χ2v) is 3.58. The van der Waals surface area contributed by atoms with E-state index >= 15 is 0 Å². The van der Waals surface area contributed by atoms with Crippen LogP contribution in [-0.2, 0) is 11.3 Å². The molecule has 1 heterocycles. The van der Waals surface area contributed by atoms with Crippen LogP contribution in [-0.4, -0.2) is 28.4 Å². The first-order chi connectivity index (χ1) is 9.08. The van der Waals surface area contributed by atoms with E-state index in [4.69, 9.17) is 0 Å². The van der Waals surface area contributed by atoms with E-state index in [2.05, 4.69) is 20.7 Å². The number of aromatic nitrogens is 2. The minimum Gasteiger partial charge on any atom is -0.449 e. The van der Waals surface area contributed by atoms with Crippen LogP contribution in [0, 0.1) is 0 Å². The number of carbonyl (C=O) groups excluding carboxylic acids is 2. The maximum Gasteiger partial charge on any atom is 0.426 e. The molecular formula is C11H16N4O4. The van der Waals surface area contributed by atoms with E-state index in [1.165, 1.54) is 16.8 Å². The predicted molar refractivity (Wildman–Crippen MR) is 66.4 cm³/mol. The van der Waals surface area contributed by atoms with Crippen LogP contribution in [0.15, 0.2) is 16.9 Å². The van der Waals surface area contributed by atoms with Gasteiger partial charge in [0.2, 0.25) is 0 Å². The Balaban J connectivity index is 2.69. The van der Waals surface area contributed by atoms with Crippen LogP contribution in [0.3, 0.4) is 0 Å². The quantitative estimate of drug-likeness (QED) is 0.751. The lowest BCUT2D eigenvalue weighted by atomic mass is 10.3. The Hall–Kier alpha value is -2.38. The summed E-state index contributed by atoms with van der Waals surface area (Å²) in [5.41, 5.74) is 3.94. The minimum atomic E-state index is -0.766. The van der Waals surface area contributed by atoms with Gasteiger partial charge in [0.05, 0.1) is 6.61 Å². The first-order valence-corrected chi connectivity index (χ1v) is 5.89. The van der Waals surface area contributed by atoms with Crippen LogP contribution in [0.2, 0.25) is 0 Å². The summed E-state index contributed by atoms with van der Waals surface area (Å²) in [7, 11) is 0. The number of amides is 2. The topological polar surface area (TPSA) is 102 Å². The molecule has 0 aliphatic carbocycles. The Kier molecular flexibility index (Phi) is 5.52. The fourth-order valence-corrected chi connectivity index (χ4v) is 1.28. The van der Waals surface area contributed by atoms with Gasteiger partial charge in [-0.2, -0.15) is 5.10 Å². The number of rotatable bonds is 4. The van der Waals surface area contributed by atoms with E-state index in [-0.39, 0.29) is 17.9 Å². The van der Waals surface area contributed by atoms with Crippen molar-refractivity contribution in [2.45, 2.75) is 26.8 Å². The smallest absolute Gasteiger partial charge is 0.426 e. The van der Waals surface area contributed by atoms with E-state index in [1.54, 1.807) is 6.92 Å². The highest BCUT2D eigenvalue weighted by molar-refractivity contribution is 5.92. The summed E-state index contributed by atoms with van der Waals surface area (Å²) in [4.78, 5) is 34.1. The molecule has 0 saturated carbocycles. The Labute approximate surface area is 109 Å². The van der Waals surface area contributed by atoms with Gasteiger partial charge in [0, 0.05) is 12.6 Å². The number of hydrazine groups is 1. The Morgan fingerprint density at radius 3 is 2.68 bits per heavy atom. The standard InChI is InChI=1S/C11H16N4O4/c1-3-7-15-9(16)6-5-8(14-15)10(17)12-13-11(18)19-4-2/h5-6H,3-4,7H2,1-2H3,(H,12,17)(H,13,18). The SMILES string of the molecule is CCCn1nc(C(=O)NNC(=O)OCC)ccc1=O. The van der Waals surface area contributed by atoms with Crippen molar-refractivity contribution in [1.29, 1.82) is 0 Å². The molecule has 0 aromatic carbocycles. The highest BCUT2D eigenvalue weighted by Crippen LogP contribution is 1.91. The van der Waals surface area contributed by atoms with E-state index in [0.717, 1.165) is 6.42 Å². The zero-order chi connectivity index (χ0) is 14.3. The molecule has 19 heavy (non-hydrogen) atoms. The lowest BCUT2D eigenvalue weighted by molar-refractivity contribution is 0.0905. The second-order valence-electron chi connectivity index (χ2n) is 3.58. The van der Waals surface area contributed by atoms with Gasteiger partial charge in [-0.3, -0.25) is 15.0 Å². The molecule has 1 aromatic rings. The van der Waals surface area contributed by atoms with Crippen molar-refractivity contribution in [3.05, 3.63) is 28.2 Å². The van der Waals surface area contributed by atoms with Gasteiger partial charge in [0.1, 0.15) is 0 Å². The number of nitrogens with zero attached hydrogens (tertiary/aromatic N) is 2. The molecule has 0 aliphatic heterocycles. The molecular weight excluding hydrogens is 252 g/mol. The molecule has 0 atom stereocenters. The molecule has 8 heteroatoms. The molecule has 2 amide bonds. The van der Waals surface area contributed by atoms with Gasteiger partial charge >= 0.3 is 6.09 Å². The molecule has 0 radical (unpaired) electrons. The van der Waals surface area contributed by atoms with Crippen LogP contribution in [0.4, 0.5) is 4.79 Å². The number of nitrogens with one attached hydrogen (secondary N) is 2. The Morgan fingerprint density at radius 2 is 2.05 bits per heavy atom. The molecule has 1 rings (SSSR count). The molecule has 0 saturated heterocycles. The Morgan fingerprint density at radius 1 is 1.32 bits per heavy atom.